The summed E-state index contributed by atoms with van der Waals surface area (Å²) in [6, 6.07) is 9.90. The van der Waals surface area contributed by atoms with Crippen LogP contribution in [0.25, 0.3) is 0 Å². The molecule has 0 bridgehead atoms. The van der Waals surface area contributed by atoms with E-state index >= 15 is 0 Å². The number of furan rings is 1. The predicted molar refractivity (Wildman–Crippen MR) is 68.7 cm³/mol. The molecule has 0 saturated heterocycles. The van der Waals surface area contributed by atoms with E-state index in [1.54, 1.807) is 12.5 Å². The summed E-state index contributed by atoms with van der Waals surface area (Å²) in [5.74, 6) is 5.56. The lowest BCUT2D eigenvalue weighted by Gasteiger charge is -2.15. The summed E-state index contributed by atoms with van der Waals surface area (Å²) >= 11 is 6.12. The molecule has 1 atom stereocenters. The van der Waals surface area contributed by atoms with Crippen LogP contribution in [0.2, 0.25) is 5.02 Å². The SMILES string of the molecule is NNC(Cc1ccoc1)Cc1ccccc1Cl. The lowest BCUT2D eigenvalue weighted by molar-refractivity contribution is 0.514. The fourth-order valence-electron chi connectivity index (χ4n) is 1.81. The molecule has 1 heterocycles. The van der Waals surface area contributed by atoms with E-state index in [2.05, 4.69) is 5.43 Å². The third-order valence-electron chi connectivity index (χ3n) is 2.72. The van der Waals surface area contributed by atoms with Gasteiger partial charge in [0.1, 0.15) is 0 Å². The minimum atomic E-state index is 0.146. The number of halogens is 1. The van der Waals surface area contributed by atoms with E-state index in [-0.39, 0.29) is 6.04 Å². The van der Waals surface area contributed by atoms with Crippen LogP contribution >= 0.6 is 11.6 Å². The molecule has 0 saturated carbocycles. The summed E-state index contributed by atoms with van der Waals surface area (Å²) in [6.45, 7) is 0. The molecule has 0 radical (unpaired) electrons. The number of nitrogens with one attached hydrogen (secondary N) is 1. The minimum absolute atomic E-state index is 0.146. The third kappa shape index (κ3) is 3.33. The molecule has 1 unspecified atom stereocenters. The van der Waals surface area contributed by atoms with Crippen LogP contribution in [0, 0.1) is 0 Å². The Kier molecular flexibility index (Phi) is 4.20. The van der Waals surface area contributed by atoms with Gasteiger partial charge in [-0.1, -0.05) is 29.8 Å². The molecule has 17 heavy (non-hydrogen) atoms. The number of nitrogens with two attached hydrogens (primary N) is 1. The Hall–Kier alpha value is -1.29. The van der Waals surface area contributed by atoms with Crippen molar-refractivity contribution >= 4 is 11.6 Å². The summed E-state index contributed by atoms with van der Waals surface area (Å²) in [7, 11) is 0. The first-order valence-electron chi connectivity index (χ1n) is 5.50. The fraction of sp³-hybridized carbons (Fsp3) is 0.231. The maximum atomic E-state index is 6.12. The Labute approximate surface area is 106 Å². The number of rotatable bonds is 5. The first-order valence-corrected chi connectivity index (χ1v) is 5.88. The molecule has 0 fully saturated rings. The minimum Gasteiger partial charge on any atom is -0.472 e. The van der Waals surface area contributed by atoms with Gasteiger partial charge in [-0.05, 0) is 36.1 Å². The highest BCUT2D eigenvalue weighted by Gasteiger charge is 2.11. The van der Waals surface area contributed by atoms with Crippen LogP contribution in [0.5, 0.6) is 0 Å². The zero-order valence-electron chi connectivity index (χ0n) is 9.40. The molecule has 0 spiro atoms. The Bertz CT molecular complexity index is 456. The van der Waals surface area contributed by atoms with Gasteiger partial charge in [0, 0.05) is 11.1 Å². The molecule has 1 aromatic heterocycles. The Morgan fingerprint density at radius 1 is 1.24 bits per heavy atom. The normalized spacial score (nSPS) is 12.6. The van der Waals surface area contributed by atoms with Gasteiger partial charge < -0.3 is 4.42 Å². The van der Waals surface area contributed by atoms with Crippen LogP contribution in [0.3, 0.4) is 0 Å². The highest BCUT2D eigenvalue weighted by atomic mass is 35.5. The van der Waals surface area contributed by atoms with Gasteiger partial charge in [-0.2, -0.15) is 0 Å². The third-order valence-corrected chi connectivity index (χ3v) is 3.09. The highest BCUT2D eigenvalue weighted by molar-refractivity contribution is 6.31. The van der Waals surface area contributed by atoms with E-state index in [0.717, 1.165) is 29.0 Å². The lowest BCUT2D eigenvalue weighted by atomic mass is 10.0. The fourth-order valence-corrected chi connectivity index (χ4v) is 2.03. The standard InChI is InChI=1S/C13H15ClN2O/c14-13-4-2-1-3-11(13)8-12(16-15)7-10-5-6-17-9-10/h1-6,9,12,16H,7-8,15H2. The maximum Gasteiger partial charge on any atom is 0.0935 e. The van der Waals surface area contributed by atoms with Crippen molar-refractivity contribution in [3.63, 3.8) is 0 Å². The molecule has 2 aromatic rings. The van der Waals surface area contributed by atoms with Gasteiger partial charge in [0.2, 0.25) is 0 Å². The smallest absolute Gasteiger partial charge is 0.0935 e. The molecule has 0 aliphatic heterocycles. The first kappa shape index (κ1) is 12.2. The van der Waals surface area contributed by atoms with Crippen molar-refractivity contribution in [2.75, 3.05) is 0 Å². The van der Waals surface area contributed by atoms with Crippen LogP contribution in [0.1, 0.15) is 11.1 Å². The van der Waals surface area contributed by atoms with E-state index in [1.165, 1.54) is 0 Å². The van der Waals surface area contributed by atoms with Crippen molar-refractivity contribution in [3.05, 3.63) is 59.0 Å². The lowest BCUT2D eigenvalue weighted by Crippen LogP contribution is -2.38. The van der Waals surface area contributed by atoms with Crippen molar-refractivity contribution in [1.82, 2.24) is 5.43 Å². The predicted octanol–water partition coefficient (Wildman–Crippen LogP) is 2.55. The van der Waals surface area contributed by atoms with Crippen molar-refractivity contribution in [1.29, 1.82) is 0 Å². The molecule has 2 rings (SSSR count). The zero-order chi connectivity index (χ0) is 12.1. The van der Waals surface area contributed by atoms with Gasteiger partial charge in [-0.3, -0.25) is 11.3 Å². The number of benzene rings is 1. The summed E-state index contributed by atoms with van der Waals surface area (Å²) in [4.78, 5) is 0. The van der Waals surface area contributed by atoms with Gasteiger partial charge >= 0.3 is 0 Å². The number of hydrogen-bond donors (Lipinski definition) is 2. The molecular formula is C13H15ClN2O. The summed E-state index contributed by atoms with van der Waals surface area (Å²) in [6.07, 6.45) is 5.01. The summed E-state index contributed by atoms with van der Waals surface area (Å²) in [5, 5.41) is 0.778. The second-order valence-corrected chi connectivity index (χ2v) is 4.40. The summed E-state index contributed by atoms with van der Waals surface area (Å²) < 4.78 is 5.04. The first-order chi connectivity index (χ1) is 8.29. The van der Waals surface area contributed by atoms with Crippen LogP contribution in [0.4, 0.5) is 0 Å². The average molecular weight is 251 g/mol. The van der Waals surface area contributed by atoms with Crippen molar-refractivity contribution in [2.24, 2.45) is 5.84 Å². The second kappa shape index (κ2) is 5.87. The number of hydrazine groups is 1. The molecule has 0 aliphatic rings. The maximum absolute atomic E-state index is 6.12. The average Bonchev–Trinajstić information content (AvgIpc) is 2.84. The van der Waals surface area contributed by atoms with Crippen LogP contribution in [-0.2, 0) is 12.8 Å². The van der Waals surface area contributed by atoms with Crippen molar-refractivity contribution in [3.8, 4) is 0 Å². The van der Waals surface area contributed by atoms with Gasteiger partial charge in [0.25, 0.3) is 0 Å². The number of hydrogen-bond acceptors (Lipinski definition) is 3. The molecule has 3 nitrogen and oxygen atoms in total. The molecule has 90 valence electrons. The van der Waals surface area contributed by atoms with Crippen LogP contribution in [0.15, 0.2) is 47.3 Å². The largest absolute Gasteiger partial charge is 0.472 e. The van der Waals surface area contributed by atoms with Gasteiger partial charge in [-0.25, -0.2) is 0 Å². The van der Waals surface area contributed by atoms with E-state index < -0.39 is 0 Å². The Morgan fingerprint density at radius 2 is 2.06 bits per heavy atom. The van der Waals surface area contributed by atoms with Crippen molar-refractivity contribution in [2.45, 2.75) is 18.9 Å². The molecule has 4 heteroatoms. The molecule has 3 N–H and O–H groups in total. The quantitative estimate of drug-likeness (QED) is 0.633. The topological polar surface area (TPSA) is 51.2 Å². The Balaban J connectivity index is 2.03. The van der Waals surface area contributed by atoms with Crippen LogP contribution < -0.4 is 11.3 Å². The zero-order valence-corrected chi connectivity index (χ0v) is 10.2. The van der Waals surface area contributed by atoms with E-state index in [9.17, 15) is 0 Å². The molecule has 1 aromatic carbocycles. The molecular weight excluding hydrogens is 236 g/mol. The van der Waals surface area contributed by atoms with Crippen molar-refractivity contribution < 1.29 is 4.42 Å². The molecule has 0 aliphatic carbocycles. The monoisotopic (exact) mass is 250 g/mol. The van der Waals surface area contributed by atoms with E-state index in [4.69, 9.17) is 21.9 Å². The van der Waals surface area contributed by atoms with Gasteiger partial charge in [0.05, 0.1) is 12.5 Å². The van der Waals surface area contributed by atoms with Crippen LogP contribution in [-0.4, -0.2) is 6.04 Å². The van der Waals surface area contributed by atoms with E-state index in [1.807, 2.05) is 30.3 Å². The Morgan fingerprint density at radius 3 is 2.71 bits per heavy atom. The second-order valence-electron chi connectivity index (χ2n) is 3.99. The van der Waals surface area contributed by atoms with Gasteiger partial charge in [0.15, 0.2) is 0 Å². The highest BCUT2D eigenvalue weighted by Crippen LogP contribution is 2.17. The molecule has 0 amide bonds. The van der Waals surface area contributed by atoms with Gasteiger partial charge in [-0.15, -0.1) is 0 Å². The summed E-state index contributed by atoms with van der Waals surface area (Å²) in [5.41, 5.74) is 5.04. The van der Waals surface area contributed by atoms with E-state index in [0.29, 0.717) is 0 Å².